The molecule has 3 nitrogen and oxygen atoms in total. The first-order chi connectivity index (χ1) is 20.6. The number of aliphatic imine (C=N–C) groups is 1. The van der Waals surface area contributed by atoms with E-state index in [-0.39, 0.29) is 5.41 Å². The van der Waals surface area contributed by atoms with E-state index < -0.39 is 0 Å². The topological polar surface area (TPSA) is 29.7 Å². The maximum atomic E-state index is 5.13. The Morgan fingerprint density at radius 2 is 1.19 bits per heavy atom. The second kappa shape index (κ2) is 9.39. The van der Waals surface area contributed by atoms with Crippen molar-refractivity contribution in [1.29, 1.82) is 0 Å². The number of hydrogen-bond acceptors (Lipinski definition) is 2. The molecule has 0 unspecified atom stereocenters. The van der Waals surface area contributed by atoms with Gasteiger partial charge in [-0.1, -0.05) is 129 Å². The molecule has 0 bridgehead atoms. The molecule has 1 aliphatic rings. The zero-order valence-corrected chi connectivity index (χ0v) is 23.6. The van der Waals surface area contributed by atoms with Crippen LogP contribution in [0, 0.1) is 0 Å². The minimum Gasteiger partial charge on any atom is -0.299 e. The fourth-order valence-corrected chi connectivity index (χ4v) is 6.52. The Hall–Kier alpha value is -5.28. The largest absolute Gasteiger partial charge is 0.299 e. The molecule has 0 fully saturated rings. The first kappa shape index (κ1) is 24.5. The molecule has 200 valence electrons. The zero-order chi connectivity index (χ0) is 28.3. The smallest absolute Gasteiger partial charge is 0.137 e. The molecule has 0 atom stereocenters. The number of aromatic nitrogens is 2. The van der Waals surface area contributed by atoms with Crippen LogP contribution in [0.15, 0.2) is 145 Å². The molecule has 3 heteroatoms. The molecule has 0 spiro atoms. The van der Waals surface area contributed by atoms with Gasteiger partial charge in [0.25, 0.3) is 0 Å². The van der Waals surface area contributed by atoms with Crippen LogP contribution in [0.5, 0.6) is 0 Å². The molecule has 0 radical (unpaired) electrons. The number of nitrogens with zero attached hydrogens (tertiary/aromatic N) is 3. The molecule has 0 N–H and O–H groups in total. The quantitative estimate of drug-likeness (QED) is 0.219. The predicted octanol–water partition coefficient (Wildman–Crippen LogP) is 9.90. The van der Waals surface area contributed by atoms with Gasteiger partial charge in [0.15, 0.2) is 0 Å². The predicted molar refractivity (Wildman–Crippen MR) is 175 cm³/mol. The van der Waals surface area contributed by atoms with Crippen molar-refractivity contribution in [2.75, 3.05) is 0 Å². The van der Waals surface area contributed by atoms with Crippen LogP contribution in [0.25, 0.3) is 50.1 Å². The fraction of sp³-hybridized carbons (Fsp3) is 0.0769. The first-order valence-corrected chi connectivity index (χ1v) is 14.4. The van der Waals surface area contributed by atoms with Gasteiger partial charge in [-0.15, -0.1) is 0 Å². The van der Waals surface area contributed by atoms with Crippen LogP contribution in [0.4, 0.5) is 5.69 Å². The van der Waals surface area contributed by atoms with Crippen molar-refractivity contribution >= 4 is 27.8 Å². The maximum absolute atomic E-state index is 5.13. The minimum absolute atomic E-state index is 0.160. The summed E-state index contributed by atoms with van der Waals surface area (Å²) in [5.41, 5.74) is 12.2. The second-order valence-electron chi connectivity index (χ2n) is 11.5. The van der Waals surface area contributed by atoms with Gasteiger partial charge in [0, 0.05) is 28.3 Å². The summed E-state index contributed by atoms with van der Waals surface area (Å²) in [4.78, 5) is 10.2. The van der Waals surface area contributed by atoms with Crippen molar-refractivity contribution in [3.05, 3.63) is 151 Å². The Labute approximate surface area is 245 Å². The van der Waals surface area contributed by atoms with Crippen LogP contribution in [-0.2, 0) is 5.41 Å². The molecule has 1 aliphatic heterocycles. The van der Waals surface area contributed by atoms with Crippen LogP contribution in [0.1, 0.15) is 25.0 Å². The van der Waals surface area contributed by atoms with Gasteiger partial charge in [-0.2, -0.15) is 0 Å². The Balaban J connectivity index is 1.23. The third kappa shape index (κ3) is 3.74. The summed E-state index contributed by atoms with van der Waals surface area (Å²) in [5.74, 6) is 0. The third-order valence-corrected chi connectivity index (χ3v) is 8.63. The Morgan fingerprint density at radius 1 is 0.548 bits per heavy atom. The standard InChI is InChI=1S/C39H29N3/c1-39(2)33-16-8-9-17-34(33)40-38(39)32-24-23-29(30-14-6-7-15-31(30)32)26-19-21-27(22-20-26)36-37(28-12-4-3-5-13-28)42-25-11-10-18-35(42)41-36/h3-25H,1-2H3. The number of imidazole rings is 1. The number of benzene rings is 5. The van der Waals surface area contributed by atoms with Gasteiger partial charge in [0.2, 0.25) is 0 Å². The third-order valence-electron chi connectivity index (χ3n) is 8.63. The monoisotopic (exact) mass is 539 g/mol. The average molecular weight is 540 g/mol. The highest BCUT2D eigenvalue weighted by Gasteiger charge is 2.36. The van der Waals surface area contributed by atoms with Gasteiger partial charge in [0.1, 0.15) is 5.65 Å². The van der Waals surface area contributed by atoms with E-state index in [9.17, 15) is 0 Å². The Morgan fingerprint density at radius 3 is 1.98 bits per heavy atom. The van der Waals surface area contributed by atoms with Gasteiger partial charge in [-0.3, -0.25) is 9.39 Å². The van der Waals surface area contributed by atoms with Crippen LogP contribution >= 0.6 is 0 Å². The molecule has 42 heavy (non-hydrogen) atoms. The molecule has 2 aromatic heterocycles. The number of hydrogen-bond donors (Lipinski definition) is 0. The van der Waals surface area contributed by atoms with Crippen molar-refractivity contribution in [3.8, 4) is 33.6 Å². The van der Waals surface area contributed by atoms with E-state index in [2.05, 4.69) is 152 Å². The lowest BCUT2D eigenvalue weighted by molar-refractivity contribution is 0.738. The summed E-state index contributed by atoms with van der Waals surface area (Å²) in [6, 6.07) is 47.3. The molecule has 3 heterocycles. The normalized spacial score (nSPS) is 13.8. The number of fused-ring (bicyclic) bond motifs is 3. The minimum atomic E-state index is -0.160. The van der Waals surface area contributed by atoms with Crippen molar-refractivity contribution in [3.63, 3.8) is 0 Å². The van der Waals surface area contributed by atoms with E-state index in [0.717, 1.165) is 39.6 Å². The number of para-hydroxylation sites is 1. The van der Waals surface area contributed by atoms with Crippen molar-refractivity contribution < 1.29 is 0 Å². The average Bonchev–Trinajstić information content (AvgIpc) is 3.56. The SMILES string of the molecule is CC1(C)C(c2ccc(-c3ccc(-c4nc5ccccn5c4-c4ccccc4)cc3)c3ccccc23)=Nc2ccccc21. The lowest BCUT2D eigenvalue weighted by atomic mass is 9.77. The summed E-state index contributed by atoms with van der Waals surface area (Å²) < 4.78 is 2.18. The Bertz CT molecular complexity index is 2150. The summed E-state index contributed by atoms with van der Waals surface area (Å²) in [5, 5.41) is 2.46. The molecule has 7 aromatic rings. The van der Waals surface area contributed by atoms with Crippen molar-refractivity contribution in [2.45, 2.75) is 19.3 Å². The van der Waals surface area contributed by atoms with E-state index in [0.29, 0.717) is 0 Å². The molecule has 8 rings (SSSR count). The molecule has 0 saturated carbocycles. The highest BCUT2D eigenvalue weighted by Crippen LogP contribution is 2.44. The van der Waals surface area contributed by atoms with E-state index in [1.807, 2.05) is 6.07 Å². The van der Waals surface area contributed by atoms with Crippen LogP contribution < -0.4 is 0 Å². The first-order valence-electron chi connectivity index (χ1n) is 14.4. The summed E-state index contributed by atoms with van der Waals surface area (Å²) in [7, 11) is 0. The van der Waals surface area contributed by atoms with Crippen LogP contribution in [0.3, 0.4) is 0 Å². The van der Waals surface area contributed by atoms with Crippen LogP contribution in [0.2, 0.25) is 0 Å². The Kier molecular flexibility index (Phi) is 5.48. The van der Waals surface area contributed by atoms with Gasteiger partial charge in [0.05, 0.1) is 22.8 Å². The maximum Gasteiger partial charge on any atom is 0.137 e. The molecular formula is C39H29N3. The zero-order valence-electron chi connectivity index (χ0n) is 23.6. The van der Waals surface area contributed by atoms with E-state index in [1.165, 1.54) is 33.0 Å². The second-order valence-corrected chi connectivity index (χ2v) is 11.5. The van der Waals surface area contributed by atoms with Crippen molar-refractivity contribution in [2.24, 2.45) is 4.99 Å². The number of pyridine rings is 1. The fourth-order valence-electron chi connectivity index (χ4n) is 6.52. The summed E-state index contributed by atoms with van der Waals surface area (Å²) in [6.45, 7) is 4.56. The molecule has 0 aliphatic carbocycles. The molecule has 0 amide bonds. The molecule has 0 saturated heterocycles. The molecule has 5 aromatic carbocycles. The highest BCUT2D eigenvalue weighted by molar-refractivity contribution is 6.20. The van der Waals surface area contributed by atoms with E-state index in [1.54, 1.807) is 0 Å². The van der Waals surface area contributed by atoms with Crippen molar-refractivity contribution in [1.82, 2.24) is 9.38 Å². The van der Waals surface area contributed by atoms with Gasteiger partial charge < -0.3 is 0 Å². The van der Waals surface area contributed by atoms with E-state index in [4.69, 9.17) is 9.98 Å². The molecular weight excluding hydrogens is 510 g/mol. The van der Waals surface area contributed by atoms with Gasteiger partial charge in [-0.25, -0.2) is 4.98 Å². The summed E-state index contributed by atoms with van der Waals surface area (Å²) >= 11 is 0. The van der Waals surface area contributed by atoms with Crippen LogP contribution in [-0.4, -0.2) is 15.1 Å². The lowest BCUT2D eigenvalue weighted by Gasteiger charge is -2.24. The lowest BCUT2D eigenvalue weighted by Crippen LogP contribution is -2.26. The van der Waals surface area contributed by atoms with Gasteiger partial charge in [-0.05, 0) is 45.7 Å². The highest BCUT2D eigenvalue weighted by atomic mass is 15.0. The summed E-state index contributed by atoms with van der Waals surface area (Å²) in [6.07, 6.45) is 2.09. The van der Waals surface area contributed by atoms with Gasteiger partial charge >= 0.3 is 0 Å². The number of rotatable bonds is 4. The van der Waals surface area contributed by atoms with E-state index >= 15 is 0 Å².